The Bertz CT molecular complexity index is 4990. The van der Waals surface area contributed by atoms with Gasteiger partial charge in [0.2, 0.25) is 0 Å². The molecular formula is C82H92N4O12S8. The fourth-order valence-electron chi connectivity index (χ4n) is 11.1. The standard InChI is InChI=1S/2C21H23NO3S2.2C19H19NO3S2.2CH4/c2*1-15-5-6-19(13-16(15)2)21-17(3)14-20(26-21)18-7-10-22(11-8-18)9-4-12-27(23,24)25;2*1-15-3-5-16(6-4-15)18-7-8-19(24-18)17-9-12-20(13-10-17)11-2-14-25(21,22)23;;/h2*5-8,10-11,13-14H,4,9,12H2,1-3H3;2*3-10,12-13H,2,11,14H2,1H3;2*1H4. The van der Waals surface area contributed by atoms with Crippen molar-refractivity contribution in [2.75, 3.05) is 23.0 Å². The minimum absolute atomic E-state index is 0. The maximum atomic E-state index is 10.7. The van der Waals surface area contributed by atoms with Gasteiger partial charge in [0.25, 0.3) is 0 Å². The molecule has 0 aliphatic heterocycles. The van der Waals surface area contributed by atoms with Crippen LogP contribution in [-0.4, -0.2) is 74.9 Å². The Morgan fingerprint density at radius 1 is 0.255 bits per heavy atom. The molecule has 0 aliphatic carbocycles. The fourth-order valence-corrected chi connectivity index (χ4v) is 17.4. The summed E-state index contributed by atoms with van der Waals surface area (Å²) in [7, 11) is -16.5. The molecule has 106 heavy (non-hydrogen) atoms. The molecule has 16 nitrogen and oxygen atoms in total. The van der Waals surface area contributed by atoms with E-state index in [-0.39, 0.29) is 37.9 Å². The monoisotopic (exact) mass is 1580 g/mol. The fraction of sp³-hybridized carbons (Fsp3) is 0.268. The molecule has 0 saturated heterocycles. The first-order valence-corrected chi connectivity index (χ1v) is 43.3. The van der Waals surface area contributed by atoms with Crippen LogP contribution in [0.25, 0.3) is 83.5 Å². The van der Waals surface area contributed by atoms with Crippen LogP contribution in [0.15, 0.2) is 219 Å². The van der Waals surface area contributed by atoms with Crippen LogP contribution in [-0.2, 0) is 66.7 Å². The van der Waals surface area contributed by atoms with Crippen molar-refractivity contribution in [1.29, 1.82) is 0 Å². The van der Waals surface area contributed by atoms with E-state index in [0.717, 1.165) is 22.3 Å². The van der Waals surface area contributed by atoms with Gasteiger partial charge in [-0.25, -0.2) is 51.9 Å². The van der Waals surface area contributed by atoms with E-state index in [2.05, 4.69) is 177 Å². The van der Waals surface area contributed by atoms with Crippen LogP contribution in [0.1, 0.15) is 85.0 Å². The number of pyridine rings is 4. The second-order valence-corrected chi connectivity index (χ2v) is 36.0. The van der Waals surface area contributed by atoms with Crippen LogP contribution in [0, 0.1) is 55.4 Å². The highest BCUT2D eigenvalue weighted by molar-refractivity contribution is 7.86. The predicted molar refractivity (Wildman–Crippen MR) is 430 cm³/mol. The maximum absolute atomic E-state index is 10.7. The summed E-state index contributed by atoms with van der Waals surface area (Å²) in [5.74, 6) is -1.31. The van der Waals surface area contributed by atoms with Gasteiger partial charge < -0.3 is 18.2 Å². The summed E-state index contributed by atoms with van der Waals surface area (Å²) >= 11 is 7.04. The smallest absolute Gasteiger partial charge is 0.169 e. The third-order valence-electron chi connectivity index (χ3n) is 17.2. The van der Waals surface area contributed by atoms with Crippen LogP contribution >= 0.6 is 45.3 Å². The lowest BCUT2D eigenvalue weighted by Gasteiger charge is -2.04. The molecule has 8 heterocycles. The van der Waals surface area contributed by atoms with Crippen molar-refractivity contribution in [2.45, 2.75) is 122 Å². The summed E-state index contributed by atoms with van der Waals surface area (Å²) in [5, 5.41) is 0. The molecule has 0 atom stereocenters. The lowest BCUT2D eigenvalue weighted by molar-refractivity contribution is -0.696. The molecular weight excluding hydrogens is 1490 g/mol. The molecule has 0 radical (unpaired) electrons. The van der Waals surface area contributed by atoms with E-state index in [4.69, 9.17) is 0 Å². The van der Waals surface area contributed by atoms with E-state index < -0.39 is 40.5 Å². The van der Waals surface area contributed by atoms with E-state index in [1.807, 2.05) is 116 Å². The SMILES string of the molecule is C.C.Cc1ccc(-c2ccc(-c3cc[n+](CCCS(=O)(=O)[O-])cc3)s2)cc1.Cc1ccc(-c2ccc(-c3cc[n+](CCCS(=O)(=O)[O-])cc3)s2)cc1.Cc1ccc(-c2sc(-c3cc[n+](CCCS(=O)(=O)[O-])cc3)cc2C)cc1C.Cc1ccc(-c2sc(-c3cc[n+](CCCS(=O)(=O)[O-])cc3)cc2C)cc1C. The van der Waals surface area contributed by atoms with Gasteiger partial charge in [-0.05, 0) is 147 Å². The molecule has 8 aromatic heterocycles. The van der Waals surface area contributed by atoms with Gasteiger partial charge in [0.1, 0.15) is 26.2 Å². The molecule has 0 unspecified atom stereocenters. The Labute approximate surface area is 643 Å². The number of thiophene rings is 4. The van der Waals surface area contributed by atoms with Crippen LogP contribution in [0.5, 0.6) is 0 Å². The zero-order valence-corrected chi connectivity index (χ0v) is 65.8. The molecule has 0 bridgehead atoms. The molecule has 0 fully saturated rings. The van der Waals surface area contributed by atoms with Crippen LogP contribution in [0.2, 0.25) is 0 Å². The number of nitrogens with zero attached hydrogens (tertiary/aromatic N) is 4. The first-order valence-electron chi connectivity index (χ1n) is 33.7. The van der Waals surface area contributed by atoms with Crippen molar-refractivity contribution >= 4 is 85.8 Å². The Morgan fingerprint density at radius 3 is 0.717 bits per heavy atom. The number of benzene rings is 4. The molecule has 0 spiro atoms. The first-order chi connectivity index (χ1) is 49.3. The third-order valence-corrected chi connectivity index (χ3v) is 25.4. The quantitative estimate of drug-likeness (QED) is 0.0405. The summed E-state index contributed by atoms with van der Waals surface area (Å²) in [6, 6.07) is 59.2. The topological polar surface area (TPSA) is 244 Å². The first kappa shape index (κ1) is 85.2. The van der Waals surface area contributed by atoms with Gasteiger partial charge in [-0.1, -0.05) is 111 Å². The number of aryl methyl sites for hydroxylation is 12. The van der Waals surface area contributed by atoms with Gasteiger partial charge >= 0.3 is 0 Å². The zero-order chi connectivity index (χ0) is 74.9. The van der Waals surface area contributed by atoms with Crippen LogP contribution in [0.4, 0.5) is 0 Å². The molecule has 0 N–H and O–H groups in total. The average molecular weight is 1580 g/mol. The number of rotatable bonds is 24. The second kappa shape index (κ2) is 38.6. The number of aromatic nitrogens is 4. The Morgan fingerprint density at radius 2 is 0.481 bits per heavy atom. The van der Waals surface area contributed by atoms with Gasteiger partial charge in [0, 0.05) is 158 Å². The van der Waals surface area contributed by atoms with E-state index >= 15 is 0 Å². The van der Waals surface area contributed by atoms with Gasteiger partial charge in [-0.2, -0.15) is 0 Å². The highest BCUT2D eigenvalue weighted by atomic mass is 32.2. The highest BCUT2D eigenvalue weighted by Gasteiger charge is 2.16. The average Bonchev–Trinajstić information content (AvgIpc) is 1.66. The van der Waals surface area contributed by atoms with E-state index in [1.54, 1.807) is 45.3 Å². The molecule has 0 saturated carbocycles. The molecule has 0 amide bonds. The molecule has 4 aromatic carbocycles. The molecule has 560 valence electrons. The van der Waals surface area contributed by atoms with Gasteiger partial charge in [0.15, 0.2) is 49.6 Å². The van der Waals surface area contributed by atoms with E-state index in [9.17, 15) is 51.9 Å². The minimum Gasteiger partial charge on any atom is -0.748 e. The van der Waals surface area contributed by atoms with Crippen molar-refractivity contribution in [3.63, 3.8) is 0 Å². The van der Waals surface area contributed by atoms with Crippen LogP contribution < -0.4 is 18.3 Å². The van der Waals surface area contributed by atoms with Crippen molar-refractivity contribution < 1.29 is 70.2 Å². The van der Waals surface area contributed by atoms with E-state index in [1.165, 1.54) is 106 Å². The Kier molecular flexibility index (Phi) is 31.0. The summed E-state index contributed by atoms with van der Waals surface area (Å²) in [5.41, 5.74) is 19.6. The Hall–Kier alpha value is -8.08. The molecule has 12 rings (SSSR count). The largest absolute Gasteiger partial charge is 0.748 e. The number of hydrogen-bond acceptors (Lipinski definition) is 16. The predicted octanol–water partition coefficient (Wildman–Crippen LogP) is 17.0. The van der Waals surface area contributed by atoms with Gasteiger partial charge in [0.05, 0.1) is 40.5 Å². The number of hydrogen-bond donors (Lipinski definition) is 0. The van der Waals surface area contributed by atoms with Crippen molar-refractivity contribution in [3.05, 3.63) is 264 Å². The minimum atomic E-state index is -4.14. The van der Waals surface area contributed by atoms with Gasteiger partial charge in [-0.15, -0.1) is 45.3 Å². The third kappa shape index (κ3) is 26.7. The summed E-state index contributed by atoms with van der Waals surface area (Å²) < 4.78 is 136. The van der Waals surface area contributed by atoms with E-state index in [0.29, 0.717) is 51.9 Å². The molecule has 12 aromatic rings. The second-order valence-electron chi connectivity index (χ2n) is 25.7. The maximum Gasteiger partial charge on any atom is 0.169 e. The summed E-state index contributed by atoms with van der Waals surface area (Å²) in [4.78, 5) is 9.80. The summed E-state index contributed by atoms with van der Waals surface area (Å²) in [6.45, 7) is 19.0. The molecule has 24 heteroatoms. The summed E-state index contributed by atoms with van der Waals surface area (Å²) in [6.07, 6.45) is 16.7. The lowest BCUT2D eigenvalue weighted by Crippen LogP contribution is -2.33. The van der Waals surface area contributed by atoms with Gasteiger partial charge in [-0.3, -0.25) is 0 Å². The van der Waals surface area contributed by atoms with Crippen LogP contribution in [0.3, 0.4) is 0 Å². The van der Waals surface area contributed by atoms with Crippen molar-refractivity contribution in [2.24, 2.45) is 0 Å². The normalized spacial score (nSPS) is 11.4. The Balaban J connectivity index is 0.000000196. The van der Waals surface area contributed by atoms with Crippen molar-refractivity contribution in [1.82, 2.24) is 0 Å². The zero-order valence-electron chi connectivity index (χ0n) is 59.2. The van der Waals surface area contributed by atoms with Crippen molar-refractivity contribution in [3.8, 4) is 83.5 Å². The lowest BCUT2D eigenvalue weighted by atomic mass is 10.0. The highest BCUT2D eigenvalue weighted by Crippen LogP contribution is 2.41. The molecule has 0 aliphatic rings.